The molecule has 1 heterocycles. The third kappa shape index (κ3) is 2.42. The van der Waals surface area contributed by atoms with Crippen LogP contribution in [0.1, 0.15) is 6.42 Å². The lowest BCUT2D eigenvalue weighted by Crippen LogP contribution is -2.38. The number of rotatable bonds is 3. The maximum absolute atomic E-state index is 12.0. The van der Waals surface area contributed by atoms with E-state index in [1.807, 2.05) is 6.07 Å². The van der Waals surface area contributed by atoms with Crippen molar-refractivity contribution in [1.29, 1.82) is 5.26 Å². The van der Waals surface area contributed by atoms with Crippen molar-refractivity contribution in [2.75, 3.05) is 11.4 Å². The van der Waals surface area contributed by atoms with Gasteiger partial charge in [-0.15, -0.1) is 0 Å². The second kappa shape index (κ2) is 5.29. The van der Waals surface area contributed by atoms with Gasteiger partial charge >= 0.3 is 0 Å². The predicted molar refractivity (Wildman–Crippen MR) is 68.7 cm³/mol. The van der Waals surface area contributed by atoms with E-state index in [1.165, 1.54) is 0 Å². The van der Waals surface area contributed by atoms with Crippen LogP contribution in [0.5, 0.6) is 0 Å². The number of carbonyl (C=O) groups excluding carboxylic acids is 2. The van der Waals surface area contributed by atoms with Crippen LogP contribution < -0.4 is 10.2 Å². The molecule has 1 N–H and O–H groups in total. The van der Waals surface area contributed by atoms with E-state index in [4.69, 9.17) is 5.26 Å². The van der Waals surface area contributed by atoms with Gasteiger partial charge in [0.25, 0.3) is 5.91 Å². The van der Waals surface area contributed by atoms with Gasteiger partial charge in [0.15, 0.2) is 0 Å². The molecule has 5 nitrogen and oxygen atoms in total. The Hall–Kier alpha value is -1.71. The predicted octanol–water partition coefficient (Wildman–Crippen LogP) is 1.19. The van der Waals surface area contributed by atoms with Crippen LogP contribution in [-0.2, 0) is 9.59 Å². The van der Waals surface area contributed by atoms with Crippen LogP contribution in [0.25, 0.3) is 0 Å². The van der Waals surface area contributed by atoms with E-state index in [1.54, 1.807) is 24.3 Å². The molecule has 6 heteroatoms. The summed E-state index contributed by atoms with van der Waals surface area (Å²) in [4.78, 5) is 25.0. The molecule has 1 aliphatic heterocycles. The molecule has 0 radical (unpaired) electrons. The van der Waals surface area contributed by atoms with Gasteiger partial charge in [0, 0.05) is 4.47 Å². The topological polar surface area (TPSA) is 73.2 Å². The minimum atomic E-state index is -0.596. The van der Waals surface area contributed by atoms with Crippen molar-refractivity contribution in [2.24, 2.45) is 0 Å². The first kappa shape index (κ1) is 12.7. The first-order valence-corrected chi connectivity index (χ1v) is 6.15. The number of halogens is 1. The van der Waals surface area contributed by atoms with E-state index in [0.717, 1.165) is 9.37 Å². The summed E-state index contributed by atoms with van der Waals surface area (Å²) in [6.07, 6.45) is 0.0938. The zero-order valence-electron chi connectivity index (χ0n) is 9.39. The summed E-state index contributed by atoms with van der Waals surface area (Å²) in [7, 11) is 0. The van der Waals surface area contributed by atoms with Crippen LogP contribution in [0.4, 0.5) is 5.69 Å². The van der Waals surface area contributed by atoms with Gasteiger partial charge in [-0.3, -0.25) is 14.9 Å². The lowest BCUT2D eigenvalue weighted by Gasteiger charge is -2.14. The number of nitriles is 1. The molecular weight excluding hydrogens is 298 g/mol. The van der Waals surface area contributed by atoms with E-state index in [9.17, 15) is 9.59 Å². The van der Waals surface area contributed by atoms with Gasteiger partial charge in [-0.1, -0.05) is 15.9 Å². The fourth-order valence-electron chi connectivity index (χ4n) is 1.82. The van der Waals surface area contributed by atoms with Crippen molar-refractivity contribution in [1.82, 2.24) is 5.32 Å². The SMILES string of the molecule is N#CCN[C@@H]1CC(=O)N(c2ccc(Br)cc2)C1=O. The Labute approximate surface area is 113 Å². The van der Waals surface area contributed by atoms with E-state index < -0.39 is 6.04 Å². The van der Waals surface area contributed by atoms with Gasteiger partial charge in [-0.05, 0) is 24.3 Å². The molecule has 2 rings (SSSR count). The van der Waals surface area contributed by atoms with Crippen molar-refractivity contribution in [3.63, 3.8) is 0 Å². The van der Waals surface area contributed by atoms with Crippen LogP contribution in [0.3, 0.4) is 0 Å². The van der Waals surface area contributed by atoms with Crippen LogP contribution in [0, 0.1) is 11.3 Å². The maximum atomic E-state index is 12.0. The molecule has 0 aromatic heterocycles. The van der Waals surface area contributed by atoms with Gasteiger partial charge in [-0.25, -0.2) is 4.90 Å². The lowest BCUT2D eigenvalue weighted by molar-refractivity contribution is -0.121. The van der Waals surface area contributed by atoms with Crippen molar-refractivity contribution < 1.29 is 9.59 Å². The van der Waals surface area contributed by atoms with E-state index in [0.29, 0.717) is 5.69 Å². The van der Waals surface area contributed by atoms with Gasteiger partial charge in [0.05, 0.1) is 30.8 Å². The molecule has 2 amide bonds. The zero-order chi connectivity index (χ0) is 13.1. The average molecular weight is 308 g/mol. The molecule has 1 aromatic carbocycles. The Balaban J connectivity index is 2.19. The molecule has 0 spiro atoms. The number of carbonyl (C=O) groups is 2. The summed E-state index contributed by atoms with van der Waals surface area (Å²) >= 11 is 3.29. The number of hydrogen-bond donors (Lipinski definition) is 1. The number of nitrogens with one attached hydrogen (secondary N) is 1. The highest BCUT2D eigenvalue weighted by molar-refractivity contribution is 9.10. The molecule has 0 bridgehead atoms. The van der Waals surface area contributed by atoms with Crippen molar-refractivity contribution in [3.05, 3.63) is 28.7 Å². The fourth-order valence-corrected chi connectivity index (χ4v) is 2.09. The largest absolute Gasteiger partial charge is 0.293 e. The molecule has 92 valence electrons. The summed E-state index contributed by atoms with van der Waals surface area (Å²) in [5, 5.41) is 11.2. The highest BCUT2D eigenvalue weighted by Gasteiger charge is 2.39. The maximum Gasteiger partial charge on any atom is 0.251 e. The Morgan fingerprint density at radius 1 is 1.39 bits per heavy atom. The number of amides is 2. The molecule has 1 aromatic rings. The first-order chi connectivity index (χ1) is 8.63. The first-order valence-electron chi connectivity index (χ1n) is 5.36. The highest BCUT2D eigenvalue weighted by Crippen LogP contribution is 2.24. The molecule has 18 heavy (non-hydrogen) atoms. The fraction of sp³-hybridized carbons (Fsp3) is 0.250. The summed E-state index contributed by atoms with van der Waals surface area (Å²) in [5.74, 6) is -0.560. The Morgan fingerprint density at radius 3 is 2.67 bits per heavy atom. The third-order valence-corrected chi connectivity index (χ3v) is 3.19. The minimum Gasteiger partial charge on any atom is -0.293 e. The van der Waals surface area contributed by atoms with Crippen molar-refractivity contribution >= 4 is 33.4 Å². The highest BCUT2D eigenvalue weighted by atomic mass is 79.9. The summed E-state index contributed by atoms with van der Waals surface area (Å²) < 4.78 is 0.879. The molecule has 0 unspecified atom stereocenters. The smallest absolute Gasteiger partial charge is 0.251 e. The van der Waals surface area contributed by atoms with Crippen LogP contribution in [0.15, 0.2) is 28.7 Å². The second-order valence-electron chi connectivity index (χ2n) is 3.84. The molecule has 1 saturated heterocycles. The van der Waals surface area contributed by atoms with Crippen molar-refractivity contribution in [3.8, 4) is 6.07 Å². The van der Waals surface area contributed by atoms with Crippen LogP contribution >= 0.6 is 15.9 Å². The Kier molecular flexibility index (Phi) is 3.75. The number of anilines is 1. The summed E-state index contributed by atoms with van der Waals surface area (Å²) in [6.45, 7) is 0.0534. The molecule has 1 atom stereocenters. The number of hydrogen-bond acceptors (Lipinski definition) is 4. The Morgan fingerprint density at radius 2 is 2.06 bits per heavy atom. The molecule has 1 aliphatic rings. The number of benzene rings is 1. The average Bonchev–Trinajstić information content (AvgIpc) is 2.63. The quantitative estimate of drug-likeness (QED) is 0.672. The number of imide groups is 1. The van der Waals surface area contributed by atoms with E-state index >= 15 is 0 Å². The van der Waals surface area contributed by atoms with Crippen LogP contribution in [0.2, 0.25) is 0 Å². The van der Waals surface area contributed by atoms with Gasteiger partial charge < -0.3 is 0 Å². The normalized spacial score (nSPS) is 19.1. The van der Waals surface area contributed by atoms with E-state index in [2.05, 4.69) is 21.2 Å². The van der Waals surface area contributed by atoms with E-state index in [-0.39, 0.29) is 24.8 Å². The lowest BCUT2D eigenvalue weighted by atomic mass is 10.2. The molecular formula is C12H10BrN3O2. The summed E-state index contributed by atoms with van der Waals surface area (Å²) in [5.41, 5.74) is 0.550. The minimum absolute atomic E-state index is 0.0534. The molecule has 0 saturated carbocycles. The van der Waals surface area contributed by atoms with Gasteiger partial charge in [0.2, 0.25) is 5.91 Å². The van der Waals surface area contributed by atoms with Gasteiger partial charge in [0.1, 0.15) is 0 Å². The Bertz CT molecular complexity index is 521. The third-order valence-electron chi connectivity index (χ3n) is 2.66. The van der Waals surface area contributed by atoms with Crippen LogP contribution in [-0.4, -0.2) is 24.4 Å². The van der Waals surface area contributed by atoms with Gasteiger partial charge in [-0.2, -0.15) is 5.26 Å². The summed E-state index contributed by atoms with van der Waals surface area (Å²) in [6, 6.07) is 8.24. The van der Waals surface area contributed by atoms with Crippen molar-refractivity contribution in [2.45, 2.75) is 12.5 Å². The second-order valence-corrected chi connectivity index (χ2v) is 4.76. The monoisotopic (exact) mass is 307 g/mol. The standard InChI is InChI=1S/C12H10BrN3O2/c13-8-1-3-9(4-2-8)16-11(17)7-10(12(16)18)15-6-5-14/h1-4,10,15H,6-7H2/t10-/m1/s1. The zero-order valence-corrected chi connectivity index (χ0v) is 11.0. The molecule has 1 fully saturated rings. The molecule has 0 aliphatic carbocycles. The number of nitrogens with zero attached hydrogens (tertiary/aromatic N) is 2.